The van der Waals surface area contributed by atoms with Gasteiger partial charge in [0.15, 0.2) is 0 Å². The Bertz CT molecular complexity index is 548. The number of rotatable bonds is 2. The Morgan fingerprint density at radius 2 is 1.82 bits per heavy atom. The number of nitrogens with one attached hydrogen (secondary N) is 1. The Morgan fingerprint density at radius 1 is 1.23 bits per heavy atom. The zero-order valence-electron chi connectivity index (χ0n) is 14.0. The Kier molecular flexibility index (Phi) is 3.45. The van der Waals surface area contributed by atoms with Gasteiger partial charge < -0.3 is 10.1 Å². The maximum absolute atomic E-state index is 12.1. The van der Waals surface area contributed by atoms with Crippen molar-refractivity contribution in [2.45, 2.75) is 82.9 Å². The van der Waals surface area contributed by atoms with Gasteiger partial charge in [-0.15, -0.1) is 5.10 Å². The van der Waals surface area contributed by atoms with E-state index in [-0.39, 0.29) is 17.2 Å². The van der Waals surface area contributed by atoms with Crippen LogP contribution < -0.4 is 5.32 Å². The average Bonchev–Trinajstić information content (AvgIpc) is 2.85. The molecule has 1 amide bonds. The van der Waals surface area contributed by atoms with E-state index >= 15 is 0 Å². The van der Waals surface area contributed by atoms with Crippen LogP contribution in [0.25, 0.3) is 0 Å². The second kappa shape index (κ2) is 4.96. The lowest BCUT2D eigenvalue weighted by molar-refractivity contribution is 0.00438. The predicted octanol–water partition coefficient (Wildman–Crippen LogP) is 2.91. The fourth-order valence-electron chi connectivity index (χ4n) is 3.80. The minimum absolute atomic E-state index is 0.0959. The molecule has 2 bridgehead atoms. The molecular formula is C16H26N4O2. The van der Waals surface area contributed by atoms with E-state index in [1.54, 1.807) is 0 Å². The van der Waals surface area contributed by atoms with Crippen molar-refractivity contribution in [1.82, 2.24) is 20.3 Å². The zero-order chi connectivity index (χ0) is 16.0. The van der Waals surface area contributed by atoms with Crippen molar-refractivity contribution in [3.8, 4) is 0 Å². The molecule has 3 aliphatic rings. The molecule has 1 N–H and O–H groups in total. The van der Waals surface area contributed by atoms with Crippen LogP contribution in [0.15, 0.2) is 6.20 Å². The molecule has 6 nitrogen and oxygen atoms in total. The molecule has 3 saturated carbocycles. The first-order valence-electron chi connectivity index (χ1n) is 8.13. The second-order valence-corrected chi connectivity index (χ2v) is 7.94. The third kappa shape index (κ3) is 2.83. The van der Waals surface area contributed by atoms with Crippen molar-refractivity contribution in [1.29, 1.82) is 0 Å². The smallest absolute Gasteiger partial charge is 0.408 e. The highest BCUT2D eigenvalue weighted by Gasteiger charge is 2.51. The van der Waals surface area contributed by atoms with Gasteiger partial charge in [-0.1, -0.05) is 5.21 Å². The van der Waals surface area contributed by atoms with Gasteiger partial charge in [0.25, 0.3) is 0 Å². The molecule has 22 heavy (non-hydrogen) atoms. The maximum Gasteiger partial charge on any atom is 0.408 e. The number of carbonyl (C=O) groups excluding carboxylic acids is 1. The van der Waals surface area contributed by atoms with Crippen molar-refractivity contribution < 1.29 is 9.53 Å². The zero-order valence-corrected chi connectivity index (χ0v) is 14.0. The van der Waals surface area contributed by atoms with Gasteiger partial charge in [0.1, 0.15) is 5.60 Å². The first-order chi connectivity index (χ1) is 10.2. The molecule has 0 atom stereocenters. The van der Waals surface area contributed by atoms with Crippen molar-refractivity contribution >= 4 is 6.09 Å². The Hall–Kier alpha value is -1.59. The summed E-state index contributed by atoms with van der Waals surface area (Å²) < 4.78 is 7.47. The molecule has 0 unspecified atom stereocenters. The molecular weight excluding hydrogens is 280 g/mol. The molecule has 1 aromatic heterocycles. The SMILES string of the molecule is Cc1cn(C23CCC(NC(=O)OC(C)(C)C)(CC2)CC3)nn1. The van der Waals surface area contributed by atoms with E-state index in [1.807, 2.05) is 33.9 Å². The van der Waals surface area contributed by atoms with E-state index in [1.165, 1.54) is 0 Å². The van der Waals surface area contributed by atoms with Gasteiger partial charge in [-0.25, -0.2) is 9.48 Å². The standard InChI is InChI=1S/C16H26N4O2/c1-12-11-20(19-18-12)16-8-5-15(6-9-16,7-10-16)17-13(21)22-14(2,3)4/h11H,5-10H2,1-4H3,(H,17,21). The minimum atomic E-state index is -0.452. The number of hydrogen-bond donors (Lipinski definition) is 1. The Labute approximate surface area is 131 Å². The second-order valence-electron chi connectivity index (χ2n) is 7.94. The molecule has 4 rings (SSSR count). The quantitative estimate of drug-likeness (QED) is 0.912. The normalized spacial score (nSPS) is 31.1. The van der Waals surface area contributed by atoms with E-state index in [2.05, 4.69) is 20.3 Å². The summed E-state index contributed by atoms with van der Waals surface area (Å²) in [4.78, 5) is 12.1. The van der Waals surface area contributed by atoms with Crippen molar-refractivity contribution in [3.63, 3.8) is 0 Å². The molecule has 1 heterocycles. The summed E-state index contributed by atoms with van der Waals surface area (Å²) in [6.07, 6.45) is 7.78. The monoisotopic (exact) mass is 306 g/mol. The molecule has 0 saturated heterocycles. The van der Waals surface area contributed by atoms with Gasteiger partial charge in [-0.05, 0) is 66.2 Å². The van der Waals surface area contributed by atoms with Gasteiger partial charge in [-0.2, -0.15) is 0 Å². The van der Waals surface area contributed by atoms with Crippen LogP contribution in [0.4, 0.5) is 4.79 Å². The van der Waals surface area contributed by atoms with Crippen LogP contribution in [0, 0.1) is 6.92 Å². The van der Waals surface area contributed by atoms with E-state index < -0.39 is 5.60 Å². The summed E-state index contributed by atoms with van der Waals surface area (Å²) in [5.41, 5.74) is 0.508. The van der Waals surface area contributed by atoms with E-state index in [4.69, 9.17) is 4.74 Å². The summed E-state index contributed by atoms with van der Waals surface area (Å²) in [7, 11) is 0. The molecule has 0 aromatic carbocycles. The summed E-state index contributed by atoms with van der Waals surface area (Å²) in [5, 5.41) is 11.6. The van der Waals surface area contributed by atoms with E-state index in [0.717, 1.165) is 44.2 Å². The summed E-state index contributed by atoms with van der Waals surface area (Å²) in [6, 6.07) is 0. The van der Waals surface area contributed by atoms with Gasteiger partial charge in [0, 0.05) is 11.7 Å². The Morgan fingerprint density at radius 3 is 2.27 bits per heavy atom. The lowest BCUT2D eigenvalue weighted by Crippen LogP contribution is -2.59. The fraction of sp³-hybridized carbons (Fsp3) is 0.812. The van der Waals surface area contributed by atoms with Crippen LogP contribution in [0.3, 0.4) is 0 Å². The maximum atomic E-state index is 12.1. The number of fused-ring (bicyclic) bond motifs is 3. The highest BCUT2D eigenvalue weighted by atomic mass is 16.6. The minimum Gasteiger partial charge on any atom is -0.444 e. The number of amides is 1. The van der Waals surface area contributed by atoms with Gasteiger partial charge in [-0.3, -0.25) is 0 Å². The molecule has 122 valence electrons. The Balaban J connectivity index is 1.66. The molecule has 3 aliphatic carbocycles. The summed E-state index contributed by atoms with van der Waals surface area (Å²) >= 11 is 0. The number of nitrogens with zero attached hydrogens (tertiary/aromatic N) is 3. The van der Waals surface area contributed by atoms with E-state index in [9.17, 15) is 4.79 Å². The third-order valence-corrected chi connectivity index (χ3v) is 5.07. The van der Waals surface area contributed by atoms with Crippen molar-refractivity contribution in [2.75, 3.05) is 0 Å². The highest BCUT2D eigenvalue weighted by Crippen LogP contribution is 2.50. The first-order valence-corrected chi connectivity index (χ1v) is 8.13. The van der Waals surface area contributed by atoms with Gasteiger partial charge >= 0.3 is 6.09 Å². The first kappa shape index (κ1) is 15.3. The molecule has 0 spiro atoms. The largest absolute Gasteiger partial charge is 0.444 e. The molecule has 6 heteroatoms. The van der Waals surface area contributed by atoms with Crippen molar-refractivity contribution in [3.05, 3.63) is 11.9 Å². The molecule has 3 fully saturated rings. The third-order valence-electron chi connectivity index (χ3n) is 5.07. The van der Waals surface area contributed by atoms with Crippen LogP contribution >= 0.6 is 0 Å². The fourth-order valence-corrected chi connectivity index (χ4v) is 3.80. The predicted molar refractivity (Wildman–Crippen MR) is 82.5 cm³/mol. The van der Waals surface area contributed by atoms with Gasteiger partial charge in [0.05, 0.1) is 11.2 Å². The lowest BCUT2D eigenvalue weighted by Gasteiger charge is -2.53. The van der Waals surface area contributed by atoms with E-state index in [0.29, 0.717) is 0 Å². The lowest BCUT2D eigenvalue weighted by atomic mass is 9.61. The number of carbonyl (C=O) groups is 1. The van der Waals surface area contributed by atoms with Crippen LogP contribution in [0.5, 0.6) is 0 Å². The van der Waals surface area contributed by atoms with Crippen LogP contribution in [-0.4, -0.2) is 32.2 Å². The number of alkyl carbamates (subject to hydrolysis) is 1. The van der Waals surface area contributed by atoms with Crippen molar-refractivity contribution in [2.24, 2.45) is 0 Å². The molecule has 0 radical (unpaired) electrons. The average molecular weight is 306 g/mol. The summed E-state index contributed by atoms with van der Waals surface area (Å²) in [5.74, 6) is 0. The van der Waals surface area contributed by atoms with Crippen LogP contribution in [-0.2, 0) is 10.3 Å². The summed E-state index contributed by atoms with van der Waals surface area (Å²) in [6.45, 7) is 7.65. The highest BCUT2D eigenvalue weighted by molar-refractivity contribution is 5.69. The molecule has 1 aromatic rings. The molecule has 0 aliphatic heterocycles. The number of aryl methyl sites for hydroxylation is 1. The number of hydrogen-bond acceptors (Lipinski definition) is 4. The van der Waals surface area contributed by atoms with Gasteiger partial charge in [0.2, 0.25) is 0 Å². The number of aromatic nitrogens is 3. The number of ether oxygens (including phenoxy) is 1. The van der Waals surface area contributed by atoms with Crippen LogP contribution in [0.2, 0.25) is 0 Å². The topological polar surface area (TPSA) is 69.0 Å². The van der Waals surface area contributed by atoms with Crippen LogP contribution in [0.1, 0.15) is 65.0 Å².